The minimum absolute atomic E-state index is 0.216. The van der Waals surface area contributed by atoms with Crippen molar-refractivity contribution in [3.8, 4) is 11.5 Å². The Labute approximate surface area is 159 Å². The molecule has 4 aliphatic rings. The largest absolute Gasteiger partial charge is 0.493 e. The highest BCUT2D eigenvalue weighted by Gasteiger charge is 2.68. The van der Waals surface area contributed by atoms with Crippen LogP contribution in [0.5, 0.6) is 11.5 Å². The molecule has 1 spiro atoms. The van der Waals surface area contributed by atoms with E-state index in [4.69, 9.17) is 13.7 Å². The van der Waals surface area contributed by atoms with Gasteiger partial charge < -0.3 is 14.0 Å². The van der Waals surface area contributed by atoms with Gasteiger partial charge in [0.2, 0.25) is 0 Å². The number of likely N-dealkylation sites (tertiary alicyclic amines) is 1. The molecule has 8 heteroatoms. The third kappa shape index (κ3) is 2.21. The van der Waals surface area contributed by atoms with Crippen LogP contribution < -0.4 is 9.47 Å². The van der Waals surface area contributed by atoms with Crippen molar-refractivity contribution in [3.05, 3.63) is 35.4 Å². The summed E-state index contributed by atoms with van der Waals surface area (Å²) in [6.45, 7) is 0.962. The summed E-state index contributed by atoms with van der Waals surface area (Å²) in [5.41, 5.74) is 2.02. The molecule has 2 aliphatic carbocycles. The SMILES string of the molecule is COc1ccc2c3c1O[C@H]1[C@@H](OS(=O)(=O)O)C=C[C@H]4[C@@H](C2)[N+](C)(C)CC[C@@]341. The number of benzene rings is 1. The van der Waals surface area contributed by atoms with E-state index in [1.54, 1.807) is 13.2 Å². The van der Waals surface area contributed by atoms with Gasteiger partial charge in [0, 0.05) is 24.3 Å². The fourth-order valence-corrected chi connectivity index (χ4v) is 6.40. The Balaban J connectivity index is 1.75. The highest BCUT2D eigenvalue weighted by Crippen LogP contribution is 2.63. The first-order chi connectivity index (χ1) is 12.7. The van der Waals surface area contributed by atoms with E-state index >= 15 is 0 Å². The maximum atomic E-state index is 11.4. The van der Waals surface area contributed by atoms with Gasteiger partial charge in [0.05, 0.1) is 33.2 Å². The van der Waals surface area contributed by atoms with Crippen molar-refractivity contribution in [2.24, 2.45) is 5.92 Å². The molecular formula is C19H24NO6S+. The minimum Gasteiger partial charge on any atom is -0.493 e. The second-order valence-corrected chi connectivity index (χ2v) is 9.68. The molecule has 0 saturated carbocycles. The van der Waals surface area contributed by atoms with Crippen LogP contribution >= 0.6 is 0 Å². The van der Waals surface area contributed by atoms with E-state index in [1.165, 1.54) is 5.56 Å². The van der Waals surface area contributed by atoms with Crippen LogP contribution in [-0.4, -0.2) is 63.5 Å². The molecule has 0 aromatic heterocycles. The van der Waals surface area contributed by atoms with Crippen LogP contribution in [0, 0.1) is 5.92 Å². The molecule has 0 unspecified atom stereocenters. The van der Waals surface area contributed by atoms with Crippen LogP contribution in [0.3, 0.4) is 0 Å². The van der Waals surface area contributed by atoms with E-state index in [2.05, 4.69) is 26.2 Å². The van der Waals surface area contributed by atoms with E-state index in [-0.39, 0.29) is 11.3 Å². The number of quaternary nitrogens is 1. The first-order valence-electron chi connectivity index (χ1n) is 9.21. The number of hydrogen-bond donors (Lipinski definition) is 1. The van der Waals surface area contributed by atoms with Crippen molar-refractivity contribution >= 4 is 10.4 Å². The predicted molar refractivity (Wildman–Crippen MR) is 97.2 cm³/mol. The van der Waals surface area contributed by atoms with Gasteiger partial charge in [-0.15, -0.1) is 0 Å². The second-order valence-electron chi connectivity index (χ2n) is 8.63. The molecule has 27 heavy (non-hydrogen) atoms. The lowest BCUT2D eigenvalue weighted by Gasteiger charge is -2.58. The topological polar surface area (TPSA) is 82.1 Å². The van der Waals surface area contributed by atoms with Gasteiger partial charge in [-0.3, -0.25) is 4.55 Å². The van der Waals surface area contributed by atoms with Crippen molar-refractivity contribution in [3.63, 3.8) is 0 Å². The molecule has 0 radical (unpaired) electrons. The minimum atomic E-state index is -4.59. The van der Waals surface area contributed by atoms with E-state index in [0.29, 0.717) is 17.5 Å². The monoisotopic (exact) mass is 394 g/mol. The summed E-state index contributed by atoms with van der Waals surface area (Å²) in [6, 6.07) is 4.40. The van der Waals surface area contributed by atoms with E-state index < -0.39 is 22.6 Å². The lowest BCUT2D eigenvalue weighted by Crippen LogP contribution is -2.70. The van der Waals surface area contributed by atoms with Crippen LogP contribution in [0.4, 0.5) is 0 Å². The molecule has 7 nitrogen and oxygen atoms in total. The molecule has 1 aromatic carbocycles. The lowest BCUT2D eigenvalue weighted by atomic mass is 9.53. The van der Waals surface area contributed by atoms with Gasteiger partial charge in [-0.2, -0.15) is 8.42 Å². The van der Waals surface area contributed by atoms with Crippen LogP contribution in [0.2, 0.25) is 0 Å². The molecule has 0 amide bonds. The Kier molecular flexibility index (Phi) is 3.40. The maximum Gasteiger partial charge on any atom is 0.398 e. The van der Waals surface area contributed by atoms with Gasteiger partial charge >= 0.3 is 10.4 Å². The highest BCUT2D eigenvalue weighted by molar-refractivity contribution is 7.80. The first-order valence-corrected chi connectivity index (χ1v) is 10.6. The number of likely N-dealkylation sites (N-methyl/N-ethyl adjacent to an activating group) is 1. The predicted octanol–water partition coefficient (Wildman–Crippen LogP) is 1.47. The Morgan fingerprint density at radius 2 is 2.07 bits per heavy atom. The molecule has 1 saturated heterocycles. The third-order valence-corrected chi connectivity index (χ3v) is 7.59. The average molecular weight is 394 g/mol. The zero-order chi connectivity index (χ0) is 19.2. The number of hydrogen-bond acceptors (Lipinski definition) is 5. The van der Waals surface area contributed by atoms with Gasteiger partial charge in [-0.1, -0.05) is 18.2 Å². The number of ether oxygens (including phenoxy) is 2. The molecule has 146 valence electrons. The van der Waals surface area contributed by atoms with Gasteiger partial charge in [-0.05, 0) is 11.6 Å². The van der Waals surface area contributed by atoms with Gasteiger partial charge in [-0.25, -0.2) is 4.18 Å². The molecule has 2 heterocycles. The summed E-state index contributed by atoms with van der Waals surface area (Å²) >= 11 is 0. The summed E-state index contributed by atoms with van der Waals surface area (Å²) in [6.07, 6.45) is 4.24. The Hall–Kier alpha value is -1.61. The van der Waals surface area contributed by atoms with E-state index in [9.17, 15) is 13.0 Å². The standard InChI is InChI=1S/C19H23NO6S/c1-20(2)9-8-19-12-5-7-15(26-27(21,22)23)18(19)25-17-14(24-3)6-4-11(16(17)19)10-13(12)20/h4-7,12-13,15,18H,8-10H2,1-3H3/p+1/t12-,13+,15-,18-,19-/m0/s1. The fraction of sp³-hybridized carbons (Fsp3) is 0.579. The Morgan fingerprint density at radius 3 is 2.78 bits per heavy atom. The van der Waals surface area contributed by atoms with Crippen LogP contribution in [0.25, 0.3) is 0 Å². The summed E-state index contributed by atoms with van der Waals surface area (Å²) in [5, 5.41) is 0. The third-order valence-electron chi connectivity index (χ3n) is 7.12. The van der Waals surface area contributed by atoms with Gasteiger partial charge in [0.1, 0.15) is 18.2 Å². The Morgan fingerprint density at radius 1 is 1.30 bits per heavy atom. The van der Waals surface area contributed by atoms with Gasteiger partial charge in [0.15, 0.2) is 11.5 Å². The summed E-state index contributed by atoms with van der Waals surface area (Å²) in [5.74, 6) is 1.57. The van der Waals surface area contributed by atoms with Crippen molar-refractivity contribution in [1.29, 1.82) is 0 Å². The average Bonchev–Trinajstić information content (AvgIpc) is 2.94. The molecule has 5 atom stereocenters. The molecular weight excluding hydrogens is 370 g/mol. The zero-order valence-electron chi connectivity index (χ0n) is 15.6. The van der Waals surface area contributed by atoms with Crippen molar-refractivity contribution in [1.82, 2.24) is 0 Å². The van der Waals surface area contributed by atoms with Crippen molar-refractivity contribution in [2.45, 2.75) is 36.5 Å². The second kappa shape index (κ2) is 5.26. The smallest absolute Gasteiger partial charge is 0.398 e. The number of methoxy groups -OCH3 is 1. The van der Waals surface area contributed by atoms with Gasteiger partial charge in [0.25, 0.3) is 0 Å². The fourth-order valence-electron chi connectivity index (χ4n) is 5.96. The molecule has 1 aromatic rings. The van der Waals surface area contributed by atoms with Crippen molar-refractivity contribution in [2.75, 3.05) is 27.7 Å². The van der Waals surface area contributed by atoms with E-state index in [0.717, 1.165) is 29.4 Å². The quantitative estimate of drug-likeness (QED) is 0.475. The summed E-state index contributed by atoms with van der Waals surface area (Å²) in [7, 11) is 1.52. The van der Waals surface area contributed by atoms with Crippen LogP contribution in [0.1, 0.15) is 17.5 Å². The normalized spacial score (nSPS) is 37.5. The van der Waals surface area contributed by atoms with Crippen LogP contribution in [-0.2, 0) is 26.4 Å². The molecule has 1 N–H and O–H groups in total. The maximum absolute atomic E-state index is 11.4. The van der Waals surface area contributed by atoms with E-state index in [1.807, 2.05) is 6.07 Å². The molecule has 5 rings (SSSR count). The summed E-state index contributed by atoms with van der Waals surface area (Å²) < 4.78 is 50.0. The number of nitrogens with zero attached hydrogens (tertiary/aromatic N) is 1. The highest BCUT2D eigenvalue weighted by atomic mass is 32.3. The van der Waals surface area contributed by atoms with Crippen molar-refractivity contribution < 1.29 is 31.1 Å². The lowest BCUT2D eigenvalue weighted by molar-refractivity contribution is -0.926. The Bertz CT molecular complexity index is 955. The summed E-state index contributed by atoms with van der Waals surface area (Å²) in [4.78, 5) is 0. The molecule has 2 bridgehead atoms. The number of rotatable bonds is 3. The van der Waals surface area contributed by atoms with Crippen LogP contribution in [0.15, 0.2) is 24.3 Å². The molecule has 1 fully saturated rings. The molecule has 2 aliphatic heterocycles. The zero-order valence-corrected chi connectivity index (χ0v) is 16.4. The first kappa shape index (κ1) is 17.5. The number of piperidine rings is 1.